The third kappa shape index (κ3) is 5.13. The molecule has 3 rings (SSSR count). The molecule has 2 fully saturated rings. The SMILES string of the molecule is COc1ccc(NC(=O)N2CCC(CC3CCC(C)CC3)CC2)cc1. The molecule has 2 aliphatic rings. The molecule has 1 saturated carbocycles. The Kier molecular flexibility index (Phi) is 6.22. The second-order valence-corrected chi connectivity index (χ2v) is 7.95. The Balaban J connectivity index is 1.41. The van der Waals surface area contributed by atoms with Crippen LogP contribution in [0.2, 0.25) is 0 Å². The summed E-state index contributed by atoms with van der Waals surface area (Å²) in [5.41, 5.74) is 0.823. The van der Waals surface area contributed by atoms with Crippen LogP contribution in [0.1, 0.15) is 51.9 Å². The Morgan fingerprint density at radius 1 is 1.04 bits per heavy atom. The first kappa shape index (κ1) is 18.1. The van der Waals surface area contributed by atoms with Crippen LogP contribution in [0.15, 0.2) is 24.3 Å². The van der Waals surface area contributed by atoms with Crippen molar-refractivity contribution in [2.75, 3.05) is 25.5 Å². The van der Waals surface area contributed by atoms with Gasteiger partial charge < -0.3 is 15.0 Å². The number of likely N-dealkylation sites (tertiary alicyclic amines) is 1. The topological polar surface area (TPSA) is 41.6 Å². The number of nitrogens with one attached hydrogen (secondary N) is 1. The van der Waals surface area contributed by atoms with Crippen LogP contribution in [0.5, 0.6) is 5.75 Å². The number of carbonyl (C=O) groups excluding carboxylic acids is 1. The van der Waals surface area contributed by atoms with Crippen LogP contribution in [0.3, 0.4) is 0 Å². The van der Waals surface area contributed by atoms with Gasteiger partial charge in [-0.15, -0.1) is 0 Å². The molecule has 2 amide bonds. The van der Waals surface area contributed by atoms with Crippen molar-refractivity contribution in [3.63, 3.8) is 0 Å². The maximum atomic E-state index is 12.4. The van der Waals surface area contributed by atoms with Gasteiger partial charge in [0, 0.05) is 18.8 Å². The summed E-state index contributed by atoms with van der Waals surface area (Å²) in [7, 11) is 1.64. The Bertz CT molecular complexity index is 542. The molecule has 0 bridgehead atoms. The summed E-state index contributed by atoms with van der Waals surface area (Å²) in [4.78, 5) is 14.4. The zero-order valence-corrected chi connectivity index (χ0v) is 15.7. The van der Waals surface area contributed by atoms with E-state index in [4.69, 9.17) is 4.74 Å². The Labute approximate surface area is 151 Å². The third-order valence-electron chi connectivity index (χ3n) is 6.05. The minimum Gasteiger partial charge on any atom is -0.497 e. The predicted octanol–water partition coefficient (Wildman–Crippen LogP) is 5.16. The highest BCUT2D eigenvalue weighted by Gasteiger charge is 2.26. The average Bonchev–Trinajstić information content (AvgIpc) is 2.65. The van der Waals surface area contributed by atoms with Crippen molar-refractivity contribution in [1.82, 2.24) is 4.90 Å². The molecular weight excluding hydrogens is 312 g/mol. The molecule has 1 saturated heterocycles. The Morgan fingerprint density at radius 2 is 1.64 bits per heavy atom. The molecule has 25 heavy (non-hydrogen) atoms. The number of hydrogen-bond acceptors (Lipinski definition) is 2. The van der Waals surface area contributed by atoms with Gasteiger partial charge >= 0.3 is 6.03 Å². The highest BCUT2D eigenvalue weighted by atomic mass is 16.5. The van der Waals surface area contributed by atoms with Gasteiger partial charge in [0.2, 0.25) is 0 Å². The molecule has 1 aliphatic heterocycles. The van der Waals surface area contributed by atoms with E-state index in [0.717, 1.165) is 55.1 Å². The fourth-order valence-corrected chi connectivity index (χ4v) is 4.28. The fraction of sp³-hybridized carbons (Fsp3) is 0.667. The highest BCUT2D eigenvalue weighted by molar-refractivity contribution is 5.89. The number of benzene rings is 1. The summed E-state index contributed by atoms with van der Waals surface area (Å²) in [5, 5.41) is 3.00. The van der Waals surface area contributed by atoms with Crippen molar-refractivity contribution >= 4 is 11.7 Å². The summed E-state index contributed by atoms with van der Waals surface area (Å²) >= 11 is 0. The molecule has 4 nitrogen and oxygen atoms in total. The van der Waals surface area contributed by atoms with E-state index >= 15 is 0 Å². The van der Waals surface area contributed by atoms with E-state index in [-0.39, 0.29) is 6.03 Å². The number of amides is 2. The van der Waals surface area contributed by atoms with Gasteiger partial charge in [-0.25, -0.2) is 4.79 Å². The molecule has 1 aliphatic carbocycles. The van der Waals surface area contributed by atoms with Crippen LogP contribution in [0, 0.1) is 17.8 Å². The smallest absolute Gasteiger partial charge is 0.321 e. The molecule has 0 radical (unpaired) electrons. The molecule has 1 N–H and O–H groups in total. The number of urea groups is 1. The Hall–Kier alpha value is -1.71. The van der Waals surface area contributed by atoms with Gasteiger partial charge in [0.15, 0.2) is 0 Å². The lowest BCUT2D eigenvalue weighted by molar-refractivity contribution is 0.162. The predicted molar refractivity (Wildman–Crippen MR) is 102 cm³/mol. The van der Waals surface area contributed by atoms with Crippen LogP contribution in [0.25, 0.3) is 0 Å². The second kappa shape index (κ2) is 8.59. The maximum absolute atomic E-state index is 12.4. The molecule has 1 heterocycles. The molecule has 0 spiro atoms. The monoisotopic (exact) mass is 344 g/mol. The zero-order chi connectivity index (χ0) is 17.6. The largest absolute Gasteiger partial charge is 0.497 e. The fourth-order valence-electron chi connectivity index (χ4n) is 4.28. The van der Waals surface area contributed by atoms with E-state index in [1.165, 1.54) is 32.1 Å². The summed E-state index contributed by atoms with van der Waals surface area (Å²) in [6.45, 7) is 4.15. The van der Waals surface area contributed by atoms with Gasteiger partial charge in [0.25, 0.3) is 0 Å². The summed E-state index contributed by atoms with van der Waals surface area (Å²) in [5.74, 6) is 3.47. The van der Waals surface area contributed by atoms with Crippen LogP contribution in [-0.2, 0) is 0 Å². The summed E-state index contributed by atoms with van der Waals surface area (Å²) in [6, 6.07) is 7.52. The lowest BCUT2D eigenvalue weighted by atomic mass is 9.77. The first-order chi connectivity index (χ1) is 12.1. The van der Waals surface area contributed by atoms with Gasteiger partial charge in [0.05, 0.1) is 7.11 Å². The maximum Gasteiger partial charge on any atom is 0.321 e. The molecule has 0 atom stereocenters. The van der Waals surface area contributed by atoms with E-state index in [0.29, 0.717) is 0 Å². The van der Waals surface area contributed by atoms with Gasteiger partial charge in [-0.2, -0.15) is 0 Å². The van der Waals surface area contributed by atoms with Crippen LogP contribution >= 0.6 is 0 Å². The van der Waals surface area contributed by atoms with E-state index < -0.39 is 0 Å². The molecule has 0 aromatic heterocycles. The van der Waals surface area contributed by atoms with Crippen molar-refractivity contribution in [3.05, 3.63) is 24.3 Å². The summed E-state index contributed by atoms with van der Waals surface area (Å²) < 4.78 is 5.15. The van der Waals surface area contributed by atoms with E-state index in [9.17, 15) is 4.79 Å². The lowest BCUT2D eigenvalue weighted by Gasteiger charge is -2.35. The second-order valence-electron chi connectivity index (χ2n) is 7.95. The number of rotatable bonds is 4. The average molecular weight is 344 g/mol. The molecule has 1 aromatic carbocycles. The number of anilines is 1. The minimum atomic E-state index is 0.0232. The standard InChI is InChI=1S/C21H32N2O2/c1-16-3-5-17(6-4-16)15-18-11-13-23(14-12-18)21(24)22-19-7-9-20(25-2)10-8-19/h7-10,16-18H,3-6,11-15H2,1-2H3,(H,22,24). The molecule has 138 valence electrons. The number of piperidine rings is 1. The summed E-state index contributed by atoms with van der Waals surface area (Å²) in [6.07, 6.45) is 9.34. The number of hydrogen-bond donors (Lipinski definition) is 1. The molecule has 1 aromatic rings. The van der Waals surface area contributed by atoms with Gasteiger partial charge in [-0.1, -0.05) is 32.6 Å². The number of nitrogens with zero attached hydrogens (tertiary/aromatic N) is 1. The quantitative estimate of drug-likeness (QED) is 0.820. The van der Waals surface area contributed by atoms with Gasteiger partial charge in [-0.3, -0.25) is 0 Å². The Morgan fingerprint density at radius 3 is 2.24 bits per heavy atom. The van der Waals surface area contributed by atoms with E-state index in [1.54, 1.807) is 7.11 Å². The third-order valence-corrected chi connectivity index (χ3v) is 6.05. The molecule has 4 heteroatoms. The normalized spacial score (nSPS) is 24.8. The highest BCUT2D eigenvalue weighted by Crippen LogP contribution is 2.35. The zero-order valence-electron chi connectivity index (χ0n) is 15.7. The van der Waals surface area contributed by atoms with Crippen molar-refractivity contribution in [2.24, 2.45) is 17.8 Å². The lowest BCUT2D eigenvalue weighted by Crippen LogP contribution is -2.41. The van der Waals surface area contributed by atoms with Crippen LogP contribution in [0.4, 0.5) is 10.5 Å². The van der Waals surface area contributed by atoms with E-state index in [1.807, 2.05) is 29.2 Å². The van der Waals surface area contributed by atoms with Gasteiger partial charge in [-0.05, 0) is 61.3 Å². The molecule has 0 unspecified atom stereocenters. The van der Waals surface area contributed by atoms with Crippen molar-refractivity contribution in [2.45, 2.75) is 51.9 Å². The first-order valence-corrected chi connectivity index (χ1v) is 9.84. The van der Waals surface area contributed by atoms with Crippen molar-refractivity contribution in [1.29, 1.82) is 0 Å². The van der Waals surface area contributed by atoms with Gasteiger partial charge in [0.1, 0.15) is 5.75 Å². The number of methoxy groups -OCH3 is 1. The minimum absolute atomic E-state index is 0.0232. The van der Waals surface area contributed by atoms with Crippen molar-refractivity contribution < 1.29 is 9.53 Å². The van der Waals surface area contributed by atoms with Crippen LogP contribution < -0.4 is 10.1 Å². The first-order valence-electron chi connectivity index (χ1n) is 9.84. The number of carbonyl (C=O) groups is 1. The molecular formula is C21H32N2O2. The van der Waals surface area contributed by atoms with Crippen LogP contribution in [-0.4, -0.2) is 31.1 Å². The van der Waals surface area contributed by atoms with Crippen molar-refractivity contribution in [3.8, 4) is 5.75 Å². The van der Waals surface area contributed by atoms with E-state index in [2.05, 4.69) is 12.2 Å². The number of ether oxygens (including phenoxy) is 1.